The molecule has 2 aromatic heterocycles. The normalized spacial score (nSPS) is 11.4. The van der Waals surface area contributed by atoms with Crippen LogP contribution in [0, 0.1) is 0 Å². The van der Waals surface area contributed by atoms with Crippen molar-refractivity contribution >= 4 is 23.5 Å². The van der Waals surface area contributed by atoms with E-state index in [1.807, 2.05) is 0 Å². The number of pyridine rings is 1. The average Bonchev–Trinajstić information content (AvgIpc) is 2.81. The molecule has 2 rings (SSSR count). The Balaban J connectivity index is 1.89. The van der Waals surface area contributed by atoms with Gasteiger partial charge in [0, 0.05) is 25.6 Å². The number of alkyl halides is 3. The van der Waals surface area contributed by atoms with Crippen LogP contribution in [0.1, 0.15) is 5.56 Å². The topological polar surface area (TPSA) is 59.8 Å². The molecule has 0 aliphatic carbocycles. The molecule has 1 N–H and O–H groups in total. The average molecular weight is 316 g/mol. The van der Waals surface area contributed by atoms with Crippen LogP contribution in [0.3, 0.4) is 0 Å². The fraction of sp³-hybridized carbons (Fsp3) is 0.250. The van der Waals surface area contributed by atoms with E-state index in [4.69, 9.17) is 0 Å². The number of amides is 1. The van der Waals surface area contributed by atoms with Crippen molar-refractivity contribution in [3.63, 3.8) is 0 Å². The number of hydrogen-bond donors (Lipinski definition) is 1. The standard InChI is InChI=1S/C12H11F3N4OS/c1-19-5-4-16-11(19)21-7-10(20)18-9-3-2-8(6-17-9)12(13,14)15/h2-6H,7H2,1H3,(H,17,18,20). The lowest BCUT2D eigenvalue weighted by Crippen LogP contribution is -2.16. The maximum absolute atomic E-state index is 12.4. The fourth-order valence-electron chi connectivity index (χ4n) is 1.44. The van der Waals surface area contributed by atoms with Crippen LogP contribution in [0.5, 0.6) is 0 Å². The summed E-state index contributed by atoms with van der Waals surface area (Å²) in [4.78, 5) is 19.3. The second-order valence-corrected chi connectivity index (χ2v) is 5.03. The Bertz CT molecular complexity index is 624. The van der Waals surface area contributed by atoms with Crippen LogP contribution in [0.15, 0.2) is 35.9 Å². The lowest BCUT2D eigenvalue weighted by molar-refractivity contribution is -0.137. The Labute approximate surface area is 122 Å². The largest absolute Gasteiger partial charge is 0.417 e. The van der Waals surface area contributed by atoms with E-state index in [2.05, 4.69) is 15.3 Å². The predicted molar refractivity (Wildman–Crippen MR) is 71.8 cm³/mol. The lowest BCUT2D eigenvalue weighted by Gasteiger charge is -2.07. The number of hydrogen-bond acceptors (Lipinski definition) is 4. The minimum atomic E-state index is -4.44. The highest BCUT2D eigenvalue weighted by molar-refractivity contribution is 7.99. The molecule has 0 aromatic carbocycles. The number of carbonyl (C=O) groups is 1. The minimum Gasteiger partial charge on any atom is -0.329 e. The van der Waals surface area contributed by atoms with Crippen LogP contribution in [0.4, 0.5) is 19.0 Å². The minimum absolute atomic E-state index is 0.0773. The van der Waals surface area contributed by atoms with Crippen molar-refractivity contribution in [2.45, 2.75) is 11.3 Å². The third-order valence-electron chi connectivity index (χ3n) is 2.47. The molecule has 0 bridgehead atoms. The van der Waals surface area contributed by atoms with E-state index in [0.29, 0.717) is 11.4 Å². The van der Waals surface area contributed by atoms with Gasteiger partial charge in [-0.3, -0.25) is 4.79 Å². The first-order valence-electron chi connectivity index (χ1n) is 5.79. The molecule has 112 valence electrons. The van der Waals surface area contributed by atoms with Crippen molar-refractivity contribution in [2.75, 3.05) is 11.1 Å². The van der Waals surface area contributed by atoms with Crippen molar-refractivity contribution in [1.82, 2.24) is 14.5 Å². The summed E-state index contributed by atoms with van der Waals surface area (Å²) in [5, 5.41) is 3.10. The van der Waals surface area contributed by atoms with Crippen LogP contribution in [-0.4, -0.2) is 26.2 Å². The smallest absolute Gasteiger partial charge is 0.329 e. The van der Waals surface area contributed by atoms with Gasteiger partial charge in [-0.1, -0.05) is 11.8 Å². The summed E-state index contributed by atoms with van der Waals surface area (Å²) in [5.41, 5.74) is -0.858. The van der Waals surface area contributed by atoms with E-state index in [1.165, 1.54) is 11.8 Å². The van der Waals surface area contributed by atoms with Crippen molar-refractivity contribution in [1.29, 1.82) is 0 Å². The van der Waals surface area contributed by atoms with Crippen molar-refractivity contribution in [3.8, 4) is 0 Å². The molecule has 0 radical (unpaired) electrons. The Morgan fingerprint density at radius 1 is 1.38 bits per heavy atom. The van der Waals surface area contributed by atoms with Gasteiger partial charge >= 0.3 is 6.18 Å². The van der Waals surface area contributed by atoms with Gasteiger partial charge in [0.2, 0.25) is 5.91 Å². The summed E-state index contributed by atoms with van der Waals surface area (Å²) in [6, 6.07) is 1.99. The van der Waals surface area contributed by atoms with Crippen molar-refractivity contribution < 1.29 is 18.0 Å². The molecule has 2 heterocycles. The summed E-state index contributed by atoms with van der Waals surface area (Å²) in [5.74, 6) is -0.197. The third kappa shape index (κ3) is 4.22. The van der Waals surface area contributed by atoms with Gasteiger partial charge in [0.25, 0.3) is 0 Å². The van der Waals surface area contributed by atoms with E-state index < -0.39 is 11.7 Å². The van der Waals surface area contributed by atoms with Gasteiger partial charge in [0.05, 0.1) is 11.3 Å². The zero-order valence-corrected chi connectivity index (χ0v) is 11.7. The molecule has 0 aliphatic heterocycles. The van der Waals surface area contributed by atoms with E-state index in [0.717, 1.165) is 12.1 Å². The molecular weight excluding hydrogens is 305 g/mol. The SMILES string of the molecule is Cn1ccnc1SCC(=O)Nc1ccc(C(F)(F)F)cn1. The quantitative estimate of drug-likeness (QED) is 0.881. The van der Waals surface area contributed by atoms with Crippen LogP contribution in [0.2, 0.25) is 0 Å². The number of halogens is 3. The Morgan fingerprint density at radius 3 is 2.67 bits per heavy atom. The zero-order chi connectivity index (χ0) is 15.5. The molecule has 0 saturated carbocycles. The van der Waals surface area contributed by atoms with Gasteiger partial charge < -0.3 is 9.88 Å². The Kier molecular flexibility index (Phi) is 4.51. The van der Waals surface area contributed by atoms with Gasteiger partial charge in [-0.05, 0) is 12.1 Å². The zero-order valence-electron chi connectivity index (χ0n) is 10.9. The van der Waals surface area contributed by atoms with Gasteiger partial charge in [0.1, 0.15) is 5.82 Å². The highest BCUT2D eigenvalue weighted by Crippen LogP contribution is 2.28. The number of carbonyl (C=O) groups excluding carboxylic acids is 1. The summed E-state index contributed by atoms with van der Waals surface area (Å²) in [7, 11) is 1.80. The van der Waals surface area contributed by atoms with Crippen molar-refractivity contribution in [3.05, 3.63) is 36.3 Å². The molecule has 0 saturated heterocycles. The van der Waals surface area contributed by atoms with Gasteiger partial charge in [0.15, 0.2) is 5.16 Å². The maximum atomic E-state index is 12.4. The molecule has 0 atom stereocenters. The molecule has 9 heteroatoms. The molecule has 5 nitrogen and oxygen atoms in total. The molecular formula is C12H11F3N4OS. The number of anilines is 1. The van der Waals surface area contributed by atoms with Crippen LogP contribution in [-0.2, 0) is 18.0 Å². The third-order valence-corrected chi connectivity index (χ3v) is 3.53. The first kappa shape index (κ1) is 15.4. The number of imidazole rings is 1. The molecule has 0 fully saturated rings. The monoisotopic (exact) mass is 316 g/mol. The van der Waals surface area contributed by atoms with E-state index in [-0.39, 0.29) is 17.5 Å². The number of aromatic nitrogens is 3. The van der Waals surface area contributed by atoms with Gasteiger partial charge in [-0.15, -0.1) is 0 Å². The summed E-state index contributed by atoms with van der Waals surface area (Å²) >= 11 is 1.22. The highest BCUT2D eigenvalue weighted by Gasteiger charge is 2.30. The van der Waals surface area contributed by atoms with Crippen molar-refractivity contribution in [2.24, 2.45) is 7.05 Å². The first-order chi connectivity index (χ1) is 9.86. The summed E-state index contributed by atoms with van der Waals surface area (Å²) < 4.78 is 38.8. The molecule has 0 aliphatic rings. The number of thioether (sulfide) groups is 1. The predicted octanol–water partition coefficient (Wildman–Crippen LogP) is 2.56. The van der Waals surface area contributed by atoms with Crippen LogP contribution >= 0.6 is 11.8 Å². The molecule has 0 spiro atoms. The first-order valence-corrected chi connectivity index (χ1v) is 6.78. The molecule has 21 heavy (non-hydrogen) atoms. The lowest BCUT2D eigenvalue weighted by atomic mass is 10.3. The number of nitrogens with zero attached hydrogens (tertiary/aromatic N) is 3. The summed E-state index contributed by atoms with van der Waals surface area (Å²) in [6.45, 7) is 0. The fourth-order valence-corrected chi connectivity index (χ4v) is 2.17. The second kappa shape index (κ2) is 6.17. The second-order valence-electron chi connectivity index (χ2n) is 4.09. The molecule has 2 aromatic rings. The van der Waals surface area contributed by atoms with Crippen LogP contribution < -0.4 is 5.32 Å². The highest BCUT2D eigenvalue weighted by atomic mass is 32.2. The van der Waals surface area contributed by atoms with Gasteiger partial charge in [-0.2, -0.15) is 13.2 Å². The Hall–Kier alpha value is -2.03. The Morgan fingerprint density at radius 2 is 2.14 bits per heavy atom. The summed E-state index contributed by atoms with van der Waals surface area (Å²) in [6.07, 6.45) is -0.402. The molecule has 0 unspecified atom stereocenters. The van der Waals surface area contributed by atoms with E-state index in [9.17, 15) is 18.0 Å². The van der Waals surface area contributed by atoms with E-state index >= 15 is 0 Å². The van der Waals surface area contributed by atoms with E-state index in [1.54, 1.807) is 24.0 Å². The number of nitrogens with one attached hydrogen (secondary N) is 1. The maximum Gasteiger partial charge on any atom is 0.417 e. The molecule has 1 amide bonds. The van der Waals surface area contributed by atoms with Crippen LogP contribution in [0.25, 0.3) is 0 Å². The van der Waals surface area contributed by atoms with Gasteiger partial charge in [-0.25, -0.2) is 9.97 Å². The number of aryl methyl sites for hydroxylation is 1. The number of rotatable bonds is 4.